The fraction of sp³-hybridized carbons (Fsp3) is 0.632. The second-order valence-corrected chi connectivity index (χ2v) is 7.58. The molecule has 0 spiro atoms. The highest BCUT2D eigenvalue weighted by atomic mass is 35.5. The van der Waals surface area contributed by atoms with Crippen LogP contribution in [0.1, 0.15) is 26.2 Å². The van der Waals surface area contributed by atoms with E-state index in [0.29, 0.717) is 37.1 Å². The van der Waals surface area contributed by atoms with E-state index >= 15 is 0 Å². The summed E-state index contributed by atoms with van der Waals surface area (Å²) >= 11 is 5.81. The van der Waals surface area contributed by atoms with Crippen molar-refractivity contribution in [3.8, 4) is 0 Å². The summed E-state index contributed by atoms with van der Waals surface area (Å²) in [5, 5.41) is 3.38. The zero-order valence-electron chi connectivity index (χ0n) is 15.7. The summed E-state index contributed by atoms with van der Waals surface area (Å²) in [6.07, 6.45) is 4.08. The number of carbonyl (C=O) groups is 2. The van der Waals surface area contributed by atoms with E-state index in [-0.39, 0.29) is 23.8 Å². The minimum atomic E-state index is -0.0540. The topological polar surface area (TPSA) is 74.8 Å². The van der Waals surface area contributed by atoms with Gasteiger partial charge >= 0.3 is 0 Å². The van der Waals surface area contributed by atoms with Gasteiger partial charge in [-0.25, -0.2) is 4.98 Å². The van der Waals surface area contributed by atoms with E-state index in [4.69, 9.17) is 16.3 Å². The van der Waals surface area contributed by atoms with Crippen molar-refractivity contribution in [2.75, 3.05) is 44.6 Å². The minimum absolute atomic E-state index is 0.0187. The third-order valence-electron chi connectivity index (χ3n) is 5.24. The first-order valence-electron chi connectivity index (χ1n) is 9.59. The molecular weight excluding hydrogens is 368 g/mol. The number of anilines is 1. The van der Waals surface area contributed by atoms with Gasteiger partial charge in [-0.15, -0.1) is 0 Å². The van der Waals surface area contributed by atoms with Crippen LogP contribution in [-0.4, -0.2) is 72.0 Å². The summed E-state index contributed by atoms with van der Waals surface area (Å²) < 4.78 is 5.63. The molecule has 1 aromatic heterocycles. The van der Waals surface area contributed by atoms with Crippen LogP contribution in [0.15, 0.2) is 18.3 Å². The number of likely N-dealkylation sites (tertiary alicyclic amines) is 1. The van der Waals surface area contributed by atoms with Gasteiger partial charge in [-0.05, 0) is 44.5 Å². The van der Waals surface area contributed by atoms with Gasteiger partial charge < -0.3 is 15.0 Å². The lowest BCUT2D eigenvalue weighted by molar-refractivity contribution is -0.140. The smallest absolute Gasteiger partial charge is 0.236 e. The number of amides is 2. The van der Waals surface area contributed by atoms with Crippen LogP contribution in [0.25, 0.3) is 0 Å². The molecule has 1 aromatic rings. The molecule has 0 radical (unpaired) electrons. The molecular formula is C19H27ClN4O3. The normalized spacial score (nSPS) is 21.9. The second-order valence-electron chi connectivity index (χ2n) is 7.14. The Hall–Kier alpha value is -1.70. The molecule has 0 saturated carbocycles. The molecule has 2 aliphatic rings. The van der Waals surface area contributed by atoms with Crippen LogP contribution in [-0.2, 0) is 14.3 Å². The van der Waals surface area contributed by atoms with Crippen molar-refractivity contribution in [3.63, 3.8) is 0 Å². The molecule has 1 N–H and O–H groups in total. The Labute approximate surface area is 165 Å². The number of pyridine rings is 1. The Balaban J connectivity index is 1.42. The standard InChI is InChI=1S/C19H27ClN4O3/c1-2-16-12-24(9-10-27-16)18(25)13-23-7-5-14(6-8-23)19(26)22-17-4-3-15(20)11-21-17/h3-4,11,14,16H,2,5-10,12-13H2,1H3,(H,21,22,26). The van der Waals surface area contributed by atoms with Gasteiger partial charge in [0.2, 0.25) is 11.8 Å². The molecule has 0 aromatic carbocycles. The van der Waals surface area contributed by atoms with Crippen molar-refractivity contribution in [1.29, 1.82) is 0 Å². The maximum absolute atomic E-state index is 12.5. The average molecular weight is 395 g/mol. The number of halogens is 1. The van der Waals surface area contributed by atoms with Crippen molar-refractivity contribution in [2.24, 2.45) is 5.92 Å². The molecule has 0 bridgehead atoms. The Bertz CT molecular complexity index is 647. The van der Waals surface area contributed by atoms with Gasteiger partial charge in [-0.2, -0.15) is 0 Å². The number of hydrogen-bond acceptors (Lipinski definition) is 5. The van der Waals surface area contributed by atoms with Gasteiger partial charge in [0, 0.05) is 25.2 Å². The SMILES string of the molecule is CCC1CN(C(=O)CN2CCC(C(=O)Nc3ccc(Cl)cn3)CC2)CCO1. The number of nitrogens with zero attached hydrogens (tertiary/aromatic N) is 3. The zero-order chi connectivity index (χ0) is 19.2. The molecule has 1 unspecified atom stereocenters. The minimum Gasteiger partial charge on any atom is -0.375 e. The van der Waals surface area contributed by atoms with Crippen LogP contribution in [0.2, 0.25) is 5.02 Å². The van der Waals surface area contributed by atoms with Gasteiger partial charge in [0.15, 0.2) is 0 Å². The number of ether oxygens (including phenoxy) is 1. The number of hydrogen-bond donors (Lipinski definition) is 1. The zero-order valence-corrected chi connectivity index (χ0v) is 16.5. The molecule has 0 aliphatic carbocycles. The number of piperidine rings is 1. The maximum atomic E-state index is 12.5. The third-order valence-corrected chi connectivity index (χ3v) is 5.47. The summed E-state index contributed by atoms with van der Waals surface area (Å²) in [5.74, 6) is 0.598. The highest BCUT2D eigenvalue weighted by Gasteiger charge is 2.28. The lowest BCUT2D eigenvalue weighted by Crippen LogP contribution is -2.50. The van der Waals surface area contributed by atoms with Crippen LogP contribution in [0.3, 0.4) is 0 Å². The van der Waals surface area contributed by atoms with Crippen molar-refractivity contribution < 1.29 is 14.3 Å². The van der Waals surface area contributed by atoms with Crippen LogP contribution in [0, 0.1) is 5.92 Å². The van der Waals surface area contributed by atoms with Crippen LogP contribution in [0.5, 0.6) is 0 Å². The van der Waals surface area contributed by atoms with Crippen molar-refractivity contribution in [3.05, 3.63) is 23.4 Å². The van der Waals surface area contributed by atoms with Gasteiger partial charge in [0.25, 0.3) is 0 Å². The molecule has 2 fully saturated rings. The highest BCUT2D eigenvalue weighted by Crippen LogP contribution is 2.20. The summed E-state index contributed by atoms with van der Waals surface area (Å²) in [6, 6.07) is 3.40. The monoisotopic (exact) mass is 394 g/mol. The number of nitrogens with one attached hydrogen (secondary N) is 1. The maximum Gasteiger partial charge on any atom is 0.236 e. The molecule has 2 amide bonds. The van der Waals surface area contributed by atoms with Gasteiger partial charge in [-0.3, -0.25) is 14.5 Å². The number of aromatic nitrogens is 1. The van der Waals surface area contributed by atoms with Gasteiger partial charge in [0.1, 0.15) is 5.82 Å². The third kappa shape index (κ3) is 5.64. The molecule has 3 rings (SSSR count). The van der Waals surface area contributed by atoms with Crippen LogP contribution >= 0.6 is 11.6 Å². The Morgan fingerprint density at radius 1 is 1.30 bits per heavy atom. The predicted molar refractivity (Wildman–Crippen MR) is 104 cm³/mol. The van der Waals surface area contributed by atoms with E-state index in [1.807, 2.05) is 4.90 Å². The first-order chi connectivity index (χ1) is 13.0. The number of morpholine rings is 1. The van der Waals surface area contributed by atoms with E-state index < -0.39 is 0 Å². The van der Waals surface area contributed by atoms with Crippen molar-refractivity contribution >= 4 is 29.2 Å². The fourth-order valence-electron chi connectivity index (χ4n) is 3.52. The van der Waals surface area contributed by atoms with E-state index in [1.165, 1.54) is 6.20 Å². The van der Waals surface area contributed by atoms with Crippen molar-refractivity contribution in [2.45, 2.75) is 32.3 Å². The highest BCUT2D eigenvalue weighted by molar-refractivity contribution is 6.30. The molecule has 1 atom stereocenters. The molecule has 2 aliphatic heterocycles. The lowest BCUT2D eigenvalue weighted by atomic mass is 9.96. The quantitative estimate of drug-likeness (QED) is 0.827. The Kier molecular flexibility index (Phi) is 7.04. The summed E-state index contributed by atoms with van der Waals surface area (Å²) in [5.41, 5.74) is 0. The van der Waals surface area contributed by atoms with Crippen molar-refractivity contribution in [1.82, 2.24) is 14.8 Å². The first kappa shape index (κ1) is 20.0. The van der Waals surface area contributed by atoms with Gasteiger partial charge in [0.05, 0.1) is 24.3 Å². The average Bonchev–Trinajstić information content (AvgIpc) is 2.70. The van der Waals surface area contributed by atoms with E-state index in [1.54, 1.807) is 12.1 Å². The first-order valence-corrected chi connectivity index (χ1v) is 9.97. The second kappa shape index (κ2) is 9.48. The van der Waals surface area contributed by atoms with E-state index in [9.17, 15) is 9.59 Å². The lowest BCUT2D eigenvalue weighted by Gasteiger charge is -2.35. The molecule has 148 valence electrons. The molecule has 2 saturated heterocycles. The largest absolute Gasteiger partial charge is 0.375 e. The predicted octanol–water partition coefficient (Wildman–Crippen LogP) is 2.02. The molecule has 7 nitrogen and oxygen atoms in total. The molecule has 27 heavy (non-hydrogen) atoms. The van der Waals surface area contributed by atoms with Gasteiger partial charge in [-0.1, -0.05) is 18.5 Å². The summed E-state index contributed by atoms with van der Waals surface area (Å²) in [4.78, 5) is 33.1. The number of carbonyl (C=O) groups excluding carboxylic acids is 2. The van der Waals surface area contributed by atoms with Crippen LogP contribution in [0.4, 0.5) is 5.82 Å². The molecule has 3 heterocycles. The van der Waals surface area contributed by atoms with E-state index in [2.05, 4.69) is 22.1 Å². The number of rotatable bonds is 5. The summed E-state index contributed by atoms with van der Waals surface area (Å²) in [7, 11) is 0. The Morgan fingerprint density at radius 3 is 2.74 bits per heavy atom. The Morgan fingerprint density at radius 2 is 2.07 bits per heavy atom. The van der Waals surface area contributed by atoms with Crippen LogP contribution < -0.4 is 5.32 Å². The summed E-state index contributed by atoms with van der Waals surface area (Å²) in [6.45, 7) is 5.96. The fourth-order valence-corrected chi connectivity index (χ4v) is 3.63. The molecule has 8 heteroatoms. The van der Waals surface area contributed by atoms with E-state index in [0.717, 1.165) is 32.4 Å².